The summed E-state index contributed by atoms with van der Waals surface area (Å²) in [6, 6.07) is 8.84. The maximum atomic E-state index is 11.6. The minimum absolute atomic E-state index is 0.176. The average Bonchev–Trinajstić information content (AvgIpc) is 2.37. The van der Waals surface area contributed by atoms with E-state index in [-0.39, 0.29) is 31.3 Å². The summed E-state index contributed by atoms with van der Waals surface area (Å²) in [7, 11) is 0. The Kier molecular flexibility index (Phi) is 5.94. The molecule has 0 spiro atoms. The van der Waals surface area contributed by atoms with E-state index in [1.807, 2.05) is 6.07 Å². The number of carbonyl (C=O) groups is 2. The number of hydrogen-bond donors (Lipinski definition) is 2. The van der Waals surface area contributed by atoms with Crippen molar-refractivity contribution < 1.29 is 9.59 Å². The van der Waals surface area contributed by atoms with Crippen molar-refractivity contribution in [1.82, 2.24) is 10.6 Å². The summed E-state index contributed by atoms with van der Waals surface area (Å²) >= 11 is 5.51. The minimum atomic E-state index is -0.190. The molecule has 2 amide bonds. The third-order valence-corrected chi connectivity index (χ3v) is 2.28. The normalized spacial score (nSPS) is 9.61. The Labute approximate surface area is 111 Å². The van der Waals surface area contributed by atoms with Crippen molar-refractivity contribution in [2.45, 2.75) is 6.42 Å². The number of benzene rings is 1. The Bertz CT molecular complexity index is 432. The van der Waals surface area contributed by atoms with Gasteiger partial charge in [-0.25, -0.2) is 0 Å². The van der Waals surface area contributed by atoms with E-state index in [0.29, 0.717) is 10.6 Å². The predicted octanol–water partition coefficient (Wildman–Crippen LogP) is 1.68. The van der Waals surface area contributed by atoms with E-state index < -0.39 is 0 Å². The molecule has 1 aromatic rings. The van der Waals surface area contributed by atoms with Crippen molar-refractivity contribution >= 4 is 23.4 Å². The standard InChI is InChI=1S/C13H15ClN2O2/c1-10(14)9-16-12(17)7-8-15-13(18)11-5-3-2-4-6-11/h2-6H,1,7-9H2,(H,15,18)(H,16,17). The molecule has 1 rings (SSSR count). The zero-order chi connectivity index (χ0) is 13.4. The van der Waals surface area contributed by atoms with Crippen molar-refractivity contribution in [3.63, 3.8) is 0 Å². The van der Waals surface area contributed by atoms with E-state index in [9.17, 15) is 9.59 Å². The van der Waals surface area contributed by atoms with Crippen LogP contribution in [0, 0.1) is 0 Å². The van der Waals surface area contributed by atoms with E-state index in [1.54, 1.807) is 24.3 Å². The highest BCUT2D eigenvalue weighted by molar-refractivity contribution is 6.29. The molecular weight excluding hydrogens is 252 g/mol. The second kappa shape index (κ2) is 7.50. The summed E-state index contributed by atoms with van der Waals surface area (Å²) in [5.41, 5.74) is 0.576. The lowest BCUT2D eigenvalue weighted by molar-refractivity contribution is -0.120. The fourth-order valence-corrected chi connectivity index (χ4v) is 1.33. The monoisotopic (exact) mass is 266 g/mol. The number of rotatable bonds is 6. The molecule has 0 aliphatic heterocycles. The maximum absolute atomic E-state index is 11.6. The van der Waals surface area contributed by atoms with Crippen LogP contribution in [0.25, 0.3) is 0 Å². The Morgan fingerprint density at radius 3 is 2.44 bits per heavy atom. The SMILES string of the molecule is C=C(Cl)CNC(=O)CCNC(=O)c1ccccc1. The van der Waals surface area contributed by atoms with E-state index in [4.69, 9.17) is 11.6 Å². The van der Waals surface area contributed by atoms with Gasteiger partial charge in [-0.3, -0.25) is 9.59 Å². The topological polar surface area (TPSA) is 58.2 Å². The first kappa shape index (κ1) is 14.3. The van der Waals surface area contributed by atoms with Crippen LogP contribution in [0.1, 0.15) is 16.8 Å². The van der Waals surface area contributed by atoms with E-state index in [2.05, 4.69) is 17.2 Å². The lowest BCUT2D eigenvalue weighted by Crippen LogP contribution is -2.31. The van der Waals surface area contributed by atoms with Gasteiger partial charge in [0, 0.05) is 23.6 Å². The van der Waals surface area contributed by atoms with Crippen LogP contribution in [0.4, 0.5) is 0 Å². The smallest absolute Gasteiger partial charge is 0.251 e. The predicted molar refractivity (Wildman–Crippen MR) is 71.4 cm³/mol. The van der Waals surface area contributed by atoms with Gasteiger partial charge in [-0.1, -0.05) is 36.4 Å². The van der Waals surface area contributed by atoms with Gasteiger partial charge in [-0.2, -0.15) is 0 Å². The van der Waals surface area contributed by atoms with Gasteiger partial charge in [0.05, 0.1) is 6.54 Å². The van der Waals surface area contributed by atoms with Crippen molar-refractivity contribution in [2.75, 3.05) is 13.1 Å². The summed E-state index contributed by atoms with van der Waals surface area (Å²) in [6.07, 6.45) is 0.211. The number of halogens is 1. The van der Waals surface area contributed by atoms with Gasteiger partial charge in [-0.05, 0) is 12.1 Å². The molecule has 0 aromatic heterocycles. The van der Waals surface area contributed by atoms with Crippen LogP contribution in [0.5, 0.6) is 0 Å². The largest absolute Gasteiger partial charge is 0.352 e. The molecule has 0 saturated heterocycles. The van der Waals surface area contributed by atoms with Gasteiger partial charge in [0.15, 0.2) is 0 Å². The molecule has 4 nitrogen and oxygen atoms in total. The third-order valence-electron chi connectivity index (χ3n) is 2.15. The second-order valence-electron chi connectivity index (χ2n) is 3.67. The summed E-state index contributed by atoms with van der Waals surface area (Å²) in [5.74, 6) is -0.365. The number of nitrogens with one attached hydrogen (secondary N) is 2. The van der Waals surface area contributed by atoms with Crippen LogP contribution in [-0.4, -0.2) is 24.9 Å². The third kappa shape index (κ3) is 5.50. The molecule has 96 valence electrons. The van der Waals surface area contributed by atoms with Crippen molar-refractivity contribution in [1.29, 1.82) is 0 Å². The molecular formula is C13H15ClN2O2. The molecule has 0 aliphatic rings. The van der Waals surface area contributed by atoms with Gasteiger partial charge in [0.1, 0.15) is 0 Å². The van der Waals surface area contributed by atoms with Gasteiger partial charge < -0.3 is 10.6 Å². The molecule has 1 aromatic carbocycles. The van der Waals surface area contributed by atoms with Crippen molar-refractivity contribution in [3.05, 3.63) is 47.5 Å². The lowest BCUT2D eigenvalue weighted by Gasteiger charge is -2.06. The summed E-state index contributed by atoms with van der Waals surface area (Å²) < 4.78 is 0. The molecule has 2 N–H and O–H groups in total. The van der Waals surface area contributed by atoms with Gasteiger partial charge in [0.25, 0.3) is 5.91 Å². The Balaban J connectivity index is 2.24. The van der Waals surface area contributed by atoms with Crippen LogP contribution < -0.4 is 10.6 Å². The zero-order valence-electron chi connectivity index (χ0n) is 9.91. The van der Waals surface area contributed by atoms with Crippen LogP contribution in [0.3, 0.4) is 0 Å². The highest BCUT2D eigenvalue weighted by atomic mass is 35.5. The van der Waals surface area contributed by atoms with Crippen LogP contribution >= 0.6 is 11.6 Å². The fourth-order valence-electron chi connectivity index (χ4n) is 1.26. The molecule has 0 bridgehead atoms. The Morgan fingerprint density at radius 2 is 1.83 bits per heavy atom. The number of hydrogen-bond acceptors (Lipinski definition) is 2. The molecule has 0 atom stereocenters. The zero-order valence-corrected chi connectivity index (χ0v) is 10.7. The first-order valence-electron chi connectivity index (χ1n) is 5.53. The minimum Gasteiger partial charge on any atom is -0.352 e. The molecule has 0 aliphatic carbocycles. The molecule has 0 saturated carbocycles. The van der Waals surface area contributed by atoms with Crippen LogP contribution in [0.15, 0.2) is 41.9 Å². The summed E-state index contributed by atoms with van der Waals surface area (Å²) in [4.78, 5) is 22.9. The maximum Gasteiger partial charge on any atom is 0.251 e. The molecule has 0 radical (unpaired) electrons. The number of amides is 2. The van der Waals surface area contributed by atoms with Gasteiger partial charge in [0.2, 0.25) is 5.91 Å². The quantitative estimate of drug-likeness (QED) is 0.823. The van der Waals surface area contributed by atoms with Crippen molar-refractivity contribution in [2.24, 2.45) is 0 Å². The fraction of sp³-hybridized carbons (Fsp3) is 0.231. The highest BCUT2D eigenvalue weighted by Crippen LogP contribution is 1.97. The molecule has 5 heteroatoms. The van der Waals surface area contributed by atoms with E-state index in [0.717, 1.165) is 0 Å². The van der Waals surface area contributed by atoms with Crippen LogP contribution in [0.2, 0.25) is 0 Å². The first-order valence-corrected chi connectivity index (χ1v) is 5.90. The highest BCUT2D eigenvalue weighted by Gasteiger charge is 2.05. The average molecular weight is 267 g/mol. The van der Waals surface area contributed by atoms with E-state index in [1.165, 1.54) is 0 Å². The Hall–Kier alpha value is -1.81. The van der Waals surface area contributed by atoms with Crippen LogP contribution in [-0.2, 0) is 4.79 Å². The molecule has 18 heavy (non-hydrogen) atoms. The summed E-state index contributed by atoms with van der Waals surface area (Å²) in [6.45, 7) is 3.99. The second-order valence-corrected chi connectivity index (χ2v) is 4.20. The van der Waals surface area contributed by atoms with Crippen molar-refractivity contribution in [3.8, 4) is 0 Å². The first-order chi connectivity index (χ1) is 8.59. The van der Waals surface area contributed by atoms with E-state index >= 15 is 0 Å². The Morgan fingerprint density at radius 1 is 1.17 bits per heavy atom. The van der Waals surface area contributed by atoms with Gasteiger partial charge >= 0.3 is 0 Å². The lowest BCUT2D eigenvalue weighted by atomic mass is 10.2. The number of carbonyl (C=O) groups excluding carboxylic acids is 2. The molecule has 0 unspecified atom stereocenters. The summed E-state index contributed by atoms with van der Waals surface area (Å²) in [5, 5.41) is 5.61. The van der Waals surface area contributed by atoms with Gasteiger partial charge in [-0.15, -0.1) is 0 Å². The molecule has 0 fully saturated rings. The molecule has 0 heterocycles.